The zero-order valence-corrected chi connectivity index (χ0v) is 18.7. The molecule has 2 N–H and O–H groups in total. The van der Waals surface area contributed by atoms with E-state index in [1.807, 2.05) is 27.7 Å². The topological polar surface area (TPSA) is 84.5 Å². The third-order valence-corrected chi connectivity index (χ3v) is 6.35. The lowest BCUT2D eigenvalue weighted by molar-refractivity contribution is 0.0940. The third kappa shape index (κ3) is 5.29. The number of methoxy groups -OCH3 is 1. The van der Waals surface area contributed by atoms with E-state index in [1.165, 1.54) is 0 Å². The molecule has 7 heteroatoms. The molecule has 0 aliphatic carbocycles. The lowest BCUT2D eigenvalue weighted by Crippen LogP contribution is -2.32. The molecule has 6 nitrogen and oxygen atoms in total. The highest BCUT2D eigenvalue weighted by Gasteiger charge is 2.23. The molecule has 0 fully saturated rings. The first-order valence-electron chi connectivity index (χ1n) is 9.71. The molecule has 2 aromatic rings. The molecule has 29 heavy (non-hydrogen) atoms. The van der Waals surface area contributed by atoms with Crippen molar-refractivity contribution < 1.29 is 17.9 Å². The molecule has 1 atom stereocenters. The van der Waals surface area contributed by atoms with E-state index >= 15 is 0 Å². The first-order chi connectivity index (χ1) is 13.6. The summed E-state index contributed by atoms with van der Waals surface area (Å²) in [5, 5.41) is 2.87. The number of hydrogen-bond acceptors (Lipinski definition) is 4. The first-order valence-corrected chi connectivity index (χ1v) is 11.2. The molecule has 0 aromatic heterocycles. The van der Waals surface area contributed by atoms with Crippen molar-refractivity contribution in [3.63, 3.8) is 0 Å². The number of carbonyl (C=O) groups is 1. The Hall–Kier alpha value is -2.54. The molecular weight excluding hydrogens is 388 g/mol. The summed E-state index contributed by atoms with van der Waals surface area (Å²) in [5.74, 6) is 0.435. The van der Waals surface area contributed by atoms with E-state index in [0.717, 1.165) is 12.0 Å². The van der Waals surface area contributed by atoms with Gasteiger partial charge in [0.05, 0.1) is 23.3 Å². The normalized spacial score (nSPS) is 12.5. The van der Waals surface area contributed by atoms with Crippen molar-refractivity contribution >= 4 is 21.6 Å². The highest BCUT2D eigenvalue weighted by molar-refractivity contribution is 7.92. The molecule has 0 saturated heterocycles. The van der Waals surface area contributed by atoms with Crippen LogP contribution in [0, 0.1) is 6.92 Å². The minimum atomic E-state index is -3.90. The Morgan fingerprint density at radius 1 is 1.14 bits per heavy atom. The fourth-order valence-corrected chi connectivity index (χ4v) is 4.31. The van der Waals surface area contributed by atoms with Gasteiger partial charge in [0.15, 0.2) is 0 Å². The Balaban J connectivity index is 2.45. The molecule has 0 aliphatic rings. The Morgan fingerprint density at radius 2 is 1.79 bits per heavy atom. The van der Waals surface area contributed by atoms with Crippen LogP contribution < -0.4 is 14.8 Å². The van der Waals surface area contributed by atoms with Crippen LogP contribution in [-0.2, 0) is 10.0 Å². The second-order valence-electron chi connectivity index (χ2n) is 7.45. The average molecular weight is 419 g/mol. The Kier molecular flexibility index (Phi) is 7.30. The lowest BCUT2D eigenvalue weighted by atomic mass is 10.0. The quantitative estimate of drug-likeness (QED) is 0.663. The highest BCUT2D eigenvalue weighted by atomic mass is 32.2. The van der Waals surface area contributed by atoms with Gasteiger partial charge in [-0.2, -0.15) is 0 Å². The van der Waals surface area contributed by atoms with Crippen LogP contribution in [0.1, 0.15) is 61.5 Å². The van der Waals surface area contributed by atoms with E-state index in [9.17, 15) is 13.2 Å². The summed E-state index contributed by atoms with van der Waals surface area (Å²) in [5.41, 5.74) is 1.91. The Labute approximate surface area is 173 Å². The van der Waals surface area contributed by atoms with E-state index in [1.54, 1.807) is 50.4 Å². The molecule has 0 heterocycles. The Bertz CT molecular complexity index is 984. The summed E-state index contributed by atoms with van der Waals surface area (Å²) in [7, 11) is -2.33. The van der Waals surface area contributed by atoms with Crippen molar-refractivity contribution in [2.24, 2.45) is 0 Å². The van der Waals surface area contributed by atoms with Crippen molar-refractivity contribution in [3.8, 4) is 5.75 Å². The molecule has 2 rings (SSSR count). The van der Waals surface area contributed by atoms with Crippen LogP contribution in [-0.4, -0.2) is 27.5 Å². The number of ether oxygens (including phenoxy) is 1. The van der Waals surface area contributed by atoms with Crippen molar-refractivity contribution in [2.75, 3.05) is 11.8 Å². The van der Waals surface area contributed by atoms with Gasteiger partial charge in [0.2, 0.25) is 0 Å². The number of carbonyl (C=O) groups excluding carboxylic acids is 1. The van der Waals surface area contributed by atoms with Crippen molar-refractivity contribution in [2.45, 2.75) is 57.9 Å². The predicted molar refractivity (Wildman–Crippen MR) is 116 cm³/mol. The van der Waals surface area contributed by atoms with Crippen molar-refractivity contribution in [3.05, 3.63) is 53.1 Å². The second kappa shape index (κ2) is 9.31. The molecule has 0 saturated carbocycles. The maximum absolute atomic E-state index is 13.2. The summed E-state index contributed by atoms with van der Waals surface area (Å²) in [6, 6.07) is 9.96. The standard InChI is InChI=1S/C22H30N2O4S/c1-7-16(5)23-22(25)17-10-8-9-11-19(17)24-29(26,27)21-13-18(14(2)3)20(28-6)12-15(21)4/h8-14,16,24H,7H2,1-6H3,(H,23,25). The molecule has 0 aliphatic heterocycles. The molecule has 0 spiro atoms. The van der Waals surface area contributed by atoms with Gasteiger partial charge in [-0.25, -0.2) is 8.42 Å². The van der Waals surface area contributed by atoms with Gasteiger partial charge in [-0.15, -0.1) is 0 Å². The van der Waals surface area contributed by atoms with Gasteiger partial charge in [0.1, 0.15) is 5.75 Å². The molecule has 0 bridgehead atoms. The van der Waals surface area contributed by atoms with Crippen molar-refractivity contribution in [1.29, 1.82) is 0 Å². The number of benzene rings is 2. The minimum absolute atomic E-state index is 0.00963. The van der Waals surface area contributed by atoms with Crippen LogP contribution in [0.4, 0.5) is 5.69 Å². The maximum Gasteiger partial charge on any atom is 0.262 e. The summed E-state index contributed by atoms with van der Waals surface area (Å²) in [6.45, 7) is 9.55. The number of anilines is 1. The predicted octanol–water partition coefficient (Wildman–Crippen LogP) is 4.46. The molecule has 0 radical (unpaired) electrons. The number of nitrogens with one attached hydrogen (secondary N) is 2. The molecular formula is C22H30N2O4S. The summed E-state index contributed by atoms with van der Waals surface area (Å²) in [6.07, 6.45) is 0.780. The van der Waals surface area contributed by atoms with Gasteiger partial charge in [0, 0.05) is 6.04 Å². The number of hydrogen-bond donors (Lipinski definition) is 2. The fourth-order valence-electron chi connectivity index (χ4n) is 2.97. The van der Waals surface area contributed by atoms with E-state index in [0.29, 0.717) is 11.3 Å². The summed E-state index contributed by atoms with van der Waals surface area (Å²) in [4.78, 5) is 12.8. The second-order valence-corrected chi connectivity index (χ2v) is 9.10. The average Bonchev–Trinajstić information content (AvgIpc) is 2.67. The van der Waals surface area contributed by atoms with Gasteiger partial charge >= 0.3 is 0 Å². The van der Waals surface area contributed by atoms with E-state index in [2.05, 4.69) is 10.0 Å². The molecule has 1 amide bonds. The van der Waals surface area contributed by atoms with Gasteiger partial charge in [-0.1, -0.05) is 32.9 Å². The molecule has 2 aromatic carbocycles. The summed E-state index contributed by atoms with van der Waals surface area (Å²) >= 11 is 0. The number of amides is 1. The van der Waals surface area contributed by atoms with E-state index in [4.69, 9.17) is 4.74 Å². The van der Waals surface area contributed by atoms with Crippen LogP contribution in [0.5, 0.6) is 5.75 Å². The maximum atomic E-state index is 13.2. The van der Waals surface area contributed by atoms with Crippen LogP contribution >= 0.6 is 0 Å². The largest absolute Gasteiger partial charge is 0.496 e. The zero-order chi connectivity index (χ0) is 21.8. The van der Waals surface area contributed by atoms with Crippen LogP contribution in [0.25, 0.3) is 0 Å². The molecule has 1 unspecified atom stereocenters. The van der Waals surface area contributed by atoms with Crippen molar-refractivity contribution in [1.82, 2.24) is 5.32 Å². The van der Waals surface area contributed by atoms with Gasteiger partial charge in [-0.3, -0.25) is 9.52 Å². The van der Waals surface area contributed by atoms with E-state index < -0.39 is 10.0 Å². The van der Waals surface area contributed by atoms with Crippen LogP contribution in [0.2, 0.25) is 0 Å². The number of aryl methyl sites for hydroxylation is 1. The third-order valence-electron chi connectivity index (χ3n) is 4.84. The van der Waals surface area contributed by atoms with E-state index in [-0.39, 0.29) is 34.0 Å². The number of rotatable bonds is 8. The number of sulfonamides is 1. The Morgan fingerprint density at radius 3 is 2.38 bits per heavy atom. The zero-order valence-electron chi connectivity index (χ0n) is 17.9. The van der Waals surface area contributed by atoms with Gasteiger partial charge in [0.25, 0.3) is 15.9 Å². The lowest BCUT2D eigenvalue weighted by Gasteiger charge is -2.18. The molecule has 158 valence electrons. The number of para-hydroxylation sites is 1. The summed E-state index contributed by atoms with van der Waals surface area (Å²) < 4.78 is 34.3. The first kappa shape index (κ1) is 22.7. The SMILES string of the molecule is CCC(C)NC(=O)c1ccccc1NS(=O)(=O)c1cc(C(C)C)c(OC)cc1C. The highest BCUT2D eigenvalue weighted by Crippen LogP contribution is 2.32. The van der Waals surface area contributed by atoms with Crippen LogP contribution in [0.3, 0.4) is 0 Å². The van der Waals surface area contributed by atoms with Gasteiger partial charge < -0.3 is 10.1 Å². The fraction of sp³-hybridized carbons (Fsp3) is 0.409. The van der Waals surface area contributed by atoms with Gasteiger partial charge in [-0.05, 0) is 61.6 Å². The van der Waals surface area contributed by atoms with Crippen LogP contribution in [0.15, 0.2) is 41.3 Å². The monoisotopic (exact) mass is 418 g/mol. The smallest absolute Gasteiger partial charge is 0.262 e. The minimum Gasteiger partial charge on any atom is -0.496 e.